The normalized spacial score (nSPS) is 16.4. The van der Waals surface area contributed by atoms with Crippen LogP contribution in [-0.4, -0.2) is 33.3 Å². The van der Waals surface area contributed by atoms with Gasteiger partial charge in [-0.1, -0.05) is 26.8 Å². The summed E-state index contributed by atoms with van der Waals surface area (Å²) in [4.78, 5) is 16.4. The molecule has 0 fully saturated rings. The number of carbonyl (C=O) groups is 1. The number of amides is 1. The summed E-state index contributed by atoms with van der Waals surface area (Å²) < 4.78 is 2.09. The van der Waals surface area contributed by atoms with Gasteiger partial charge in [-0.15, -0.1) is 0 Å². The number of anilines is 1. The lowest BCUT2D eigenvalue weighted by atomic mass is 9.92. The third kappa shape index (κ3) is 4.95. The molecule has 0 saturated heterocycles. The summed E-state index contributed by atoms with van der Waals surface area (Å²) >= 11 is 0. The first-order chi connectivity index (χ1) is 13.1. The van der Waals surface area contributed by atoms with Crippen molar-refractivity contribution >= 4 is 11.7 Å². The van der Waals surface area contributed by atoms with Crippen molar-refractivity contribution in [2.24, 2.45) is 5.92 Å². The lowest BCUT2D eigenvalue weighted by molar-refractivity contribution is -0.118. The van der Waals surface area contributed by atoms with Gasteiger partial charge in [0, 0.05) is 42.2 Å². The molecule has 1 unspecified atom stereocenters. The van der Waals surface area contributed by atoms with E-state index in [0.29, 0.717) is 6.04 Å². The van der Waals surface area contributed by atoms with Crippen LogP contribution in [0.15, 0.2) is 24.5 Å². The van der Waals surface area contributed by atoms with Gasteiger partial charge < -0.3 is 10.6 Å². The molecule has 0 aliphatic heterocycles. The molecule has 0 saturated carbocycles. The molecule has 2 aromatic rings. The molecule has 1 amide bonds. The Morgan fingerprint density at radius 1 is 1.41 bits per heavy atom. The van der Waals surface area contributed by atoms with E-state index in [1.54, 1.807) is 6.20 Å². The number of hydrogen-bond acceptors (Lipinski definition) is 4. The molecule has 3 rings (SSSR count). The Morgan fingerprint density at radius 2 is 2.26 bits per heavy atom. The first-order valence-electron chi connectivity index (χ1n) is 10.1. The zero-order valence-corrected chi connectivity index (χ0v) is 16.7. The Morgan fingerprint density at radius 3 is 2.96 bits per heavy atom. The number of rotatable bonds is 8. The van der Waals surface area contributed by atoms with E-state index in [1.165, 1.54) is 16.8 Å². The SMILES string of the molecule is CCCn1nc(NC(=O)C(C)C)c2c1CCC(NCCc1cccnc1)C2. The number of nitrogens with zero attached hydrogens (tertiary/aromatic N) is 3. The average molecular weight is 370 g/mol. The van der Waals surface area contributed by atoms with E-state index in [9.17, 15) is 4.79 Å². The molecule has 6 heteroatoms. The molecule has 2 N–H and O–H groups in total. The molecule has 146 valence electrons. The van der Waals surface area contributed by atoms with Crippen LogP contribution < -0.4 is 10.6 Å². The predicted octanol–water partition coefficient (Wildman–Crippen LogP) is 2.97. The molecule has 0 bridgehead atoms. The zero-order chi connectivity index (χ0) is 19.2. The Labute approximate surface area is 161 Å². The summed E-state index contributed by atoms with van der Waals surface area (Å²) in [6, 6.07) is 4.51. The van der Waals surface area contributed by atoms with Crippen LogP contribution in [-0.2, 0) is 30.6 Å². The highest BCUT2D eigenvalue weighted by atomic mass is 16.1. The van der Waals surface area contributed by atoms with Crippen molar-refractivity contribution in [1.29, 1.82) is 0 Å². The molecule has 2 aromatic heterocycles. The van der Waals surface area contributed by atoms with E-state index in [-0.39, 0.29) is 11.8 Å². The van der Waals surface area contributed by atoms with Gasteiger partial charge in [0.25, 0.3) is 0 Å². The van der Waals surface area contributed by atoms with Crippen LogP contribution in [0.5, 0.6) is 0 Å². The number of pyridine rings is 1. The van der Waals surface area contributed by atoms with Crippen molar-refractivity contribution in [3.63, 3.8) is 0 Å². The smallest absolute Gasteiger partial charge is 0.228 e. The molecule has 6 nitrogen and oxygen atoms in total. The second-order valence-electron chi connectivity index (χ2n) is 7.65. The molecule has 1 aliphatic carbocycles. The highest BCUT2D eigenvalue weighted by Gasteiger charge is 2.27. The minimum absolute atomic E-state index is 0.0330. The highest BCUT2D eigenvalue weighted by Crippen LogP contribution is 2.28. The predicted molar refractivity (Wildman–Crippen MR) is 108 cm³/mol. The summed E-state index contributed by atoms with van der Waals surface area (Å²) in [5, 5.41) is 11.4. The van der Waals surface area contributed by atoms with Gasteiger partial charge in [-0.05, 0) is 50.3 Å². The van der Waals surface area contributed by atoms with Gasteiger partial charge in [0.1, 0.15) is 0 Å². The maximum Gasteiger partial charge on any atom is 0.228 e. The third-order valence-corrected chi connectivity index (χ3v) is 5.12. The van der Waals surface area contributed by atoms with Crippen molar-refractivity contribution < 1.29 is 4.79 Å². The molecular formula is C21H31N5O. The monoisotopic (exact) mass is 369 g/mol. The number of aromatic nitrogens is 3. The first-order valence-corrected chi connectivity index (χ1v) is 10.1. The van der Waals surface area contributed by atoms with E-state index in [1.807, 2.05) is 26.1 Å². The molecule has 1 aliphatic rings. The van der Waals surface area contributed by atoms with Crippen LogP contribution in [0.3, 0.4) is 0 Å². The van der Waals surface area contributed by atoms with E-state index in [0.717, 1.165) is 51.0 Å². The van der Waals surface area contributed by atoms with E-state index >= 15 is 0 Å². The lowest BCUT2D eigenvalue weighted by Gasteiger charge is -2.24. The van der Waals surface area contributed by atoms with E-state index < -0.39 is 0 Å². The maximum atomic E-state index is 12.2. The first kappa shape index (κ1) is 19.5. The van der Waals surface area contributed by atoms with E-state index in [4.69, 9.17) is 5.10 Å². The van der Waals surface area contributed by atoms with Crippen LogP contribution in [0, 0.1) is 5.92 Å². The third-order valence-electron chi connectivity index (χ3n) is 5.12. The van der Waals surface area contributed by atoms with Crippen LogP contribution >= 0.6 is 0 Å². The van der Waals surface area contributed by atoms with Crippen LogP contribution in [0.4, 0.5) is 5.82 Å². The fourth-order valence-corrected chi connectivity index (χ4v) is 3.59. The Balaban J connectivity index is 1.66. The molecular weight excluding hydrogens is 338 g/mol. The van der Waals surface area contributed by atoms with Gasteiger partial charge in [0.15, 0.2) is 5.82 Å². The largest absolute Gasteiger partial charge is 0.313 e. The molecule has 0 spiro atoms. The van der Waals surface area contributed by atoms with Gasteiger partial charge in [-0.25, -0.2) is 0 Å². The molecule has 1 atom stereocenters. The van der Waals surface area contributed by atoms with Crippen molar-refractivity contribution in [2.75, 3.05) is 11.9 Å². The number of hydrogen-bond donors (Lipinski definition) is 2. The summed E-state index contributed by atoms with van der Waals surface area (Å²) in [7, 11) is 0. The average Bonchev–Trinajstić information content (AvgIpc) is 3.00. The summed E-state index contributed by atoms with van der Waals surface area (Å²) in [6.07, 6.45) is 8.77. The molecule has 0 radical (unpaired) electrons. The number of aryl methyl sites for hydroxylation is 1. The van der Waals surface area contributed by atoms with Crippen molar-refractivity contribution in [1.82, 2.24) is 20.1 Å². The minimum atomic E-state index is -0.0473. The van der Waals surface area contributed by atoms with Crippen LogP contribution in [0.25, 0.3) is 0 Å². The number of nitrogens with one attached hydrogen (secondary N) is 2. The topological polar surface area (TPSA) is 71.8 Å². The number of carbonyl (C=O) groups excluding carboxylic acids is 1. The van der Waals surface area contributed by atoms with Crippen molar-refractivity contribution in [3.05, 3.63) is 41.3 Å². The quantitative estimate of drug-likeness (QED) is 0.750. The van der Waals surface area contributed by atoms with Gasteiger partial charge in [0.2, 0.25) is 5.91 Å². The molecule has 27 heavy (non-hydrogen) atoms. The van der Waals surface area contributed by atoms with Crippen LogP contribution in [0.1, 0.15) is 50.4 Å². The zero-order valence-electron chi connectivity index (χ0n) is 16.7. The Kier molecular flexibility index (Phi) is 6.61. The van der Waals surface area contributed by atoms with Gasteiger partial charge in [-0.2, -0.15) is 5.10 Å². The minimum Gasteiger partial charge on any atom is -0.313 e. The fourth-order valence-electron chi connectivity index (χ4n) is 3.59. The van der Waals surface area contributed by atoms with E-state index in [2.05, 4.69) is 33.3 Å². The summed E-state index contributed by atoms with van der Waals surface area (Å²) in [6.45, 7) is 7.81. The number of fused-ring (bicyclic) bond motifs is 1. The molecule has 2 heterocycles. The van der Waals surface area contributed by atoms with Crippen molar-refractivity contribution in [3.8, 4) is 0 Å². The Hall–Kier alpha value is -2.21. The van der Waals surface area contributed by atoms with Crippen molar-refractivity contribution in [2.45, 2.75) is 65.5 Å². The molecule has 0 aromatic carbocycles. The standard InChI is InChI=1S/C21H31N5O/c1-4-12-26-19-8-7-17(23-11-9-16-6-5-10-22-14-16)13-18(19)20(25-26)24-21(27)15(2)3/h5-6,10,14-15,17,23H,4,7-9,11-13H2,1-3H3,(H,24,25,27). The maximum absolute atomic E-state index is 12.2. The second-order valence-corrected chi connectivity index (χ2v) is 7.65. The van der Waals surface area contributed by atoms with Crippen LogP contribution in [0.2, 0.25) is 0 Å². The fraction of sp³-hybridized carbons (Fsp3) is 0.571. The summed E-state index contributed by atoms with van der Waals surface area (Å²) in [5.41, 5.74) is 3.76. The van der Waals surface area contributed by atoms with Gasteiger partial charge >= 0.3 is 0 Å². The second kappa shape index (κ2) is 9.13. The highest BCUT2D eigenvalue weighted by molar-refractivity contribution is 5.92. The Bertz CT molecular complexity index is 753. The summed E-state index contributed by atoms with van der Waals surface area (Å²) in [5.74, 6) is 0.746. The van der Waals surface area contributed by atoms with Gasteiger partial charge in [0.05, 0.1) is 0 Å². The lowest BCUT2D eigenvalue weighted by Crippen LogP contribution is -2.36. The van der Waals surface area contributed by atoms with Gasteiger partial charge in [-0.3, -0.25) is 14.5 Å².